The summed E-state index contributed by atoms with van der Waals surface area (Å²) in [6, 6.07) is 70.5. The van der Waals surface area contributed by atoms with Crippen LogP contribution in [-0.4, -0.2) is 178 Å². The van der Waals surface area contributed by atoms with Crippen LogP contribution in [0.15, 0.2) is 253 Å². The van der Waals surface area contributed by atoms with Gasteiger partial charge in [0.15, 0.2) is 15.4 Å². The van der Waals surface area contributed by atoms with Crippen LogP contribution in [0.25, 0.3) is 33.4 Å². The summed E-state index contributed by atoms with van der Waals surface area (Å²) in [5.41, 5.74) is 18.2. The molecule has 6 amide bonds. The number of benzene rings is 9. The third-order valence-corrected chi connectivity index (χ3v) is 29.2. The molecule has 24 heteroatoms. The fourth-order valence-electron chi connectivity index (χ4n) is 19.8. The molecule has 0 bridgehead atoms. The van der Waals surface area contributed by atoms with Crippen molar-refractivity contribution in [2.45, 2.75) is 177 Å². The van der Waals surface area contributed by atoms with Gasteiger partial charge in [-0.15, -0.1) is 34.0 Å². The van der Waals surface area contributed by atoms with Gasteiger partial charge in [-0.3, -0.25) is 59.4 Å². The summed E-state index contributed by atoms with van der Waals surface area (Å²) < 4.78 is 0. The van der Waals surface area contributed by atoms with Crippen molar-refractivity contribution < 1.29 is 33.0 Å². The highest BCUT2D eigenvalue weighted by molar-refractivity contribution is 7.14. The Kier molecular flexibility index (Phi) is 33.1. The highest BCUT2D eigenvalue weighted by atomic mass is 32.1. The summed E-state index contributed by atoms with van der Waals surface area (Å²) in [7, 11) is 0. The molecule has 0 radical (unpaired) electrons. The lowest BCUT2D eigenvalue weighted by Crippen LogP contribution is -2.48. The summed E-state index contributed by atoms with van der Waals surface area (Å²) in [4.78, 5) is 115. The second kappa shape index (κ2) is 46.2. The number of fused-ring (bicyclic) bond motifs is 3. The molecule has 9 aromatic carbocycles. The normalized spacial score (nSPS) is 16.0. The zero-order valence-electron chi connectivity index (χ0n) is 81.7. The van der Waals surface area contributed by atoms with Gasteiger partial charge in [0.1, 0.15) is 18.1 Å². The molecule has 3 N–H and O–H groups in total. The van der Waals surface area contributed by atoms with Gasteiger partial charge in [0.05, 0.1) is 0 Å². The quantitative estimate of drug-likeness (QED) is 0.0327. The van der Waals surface area contributed by atoms with E-state index in [1.54, 1.807) is 33.3 Å². The Hall–Kier alpha value is -12.0. The zero-order chi connectivity index (χ0) is 96.3. The van der Waals surface area contributed by atoms with E-state index in [2.05, 4.69) is 214 Å². The molecule has 0 aliphatic carbocycles. The van der Waals surface area contributed by atoms with Crippen LogP contribution >= 0.6 is 34.0 Å². The summed E-state index contributed by atoms with van der Waals surface area (Å²) >= 11 is 4.07. The first-order valence-corrected chi connectivity index (χ1v) is 52.2. The number of anilines is 6. The molecule has 3 unspecified atom stereocenters. The van der Waals surface area contributed by atoms with Gasteiger partial charge in [0.25, 0.3) is 35.4 Å². The lowest BCUT2D eigenvalue weighted by molar-refractivity contribution is -0.121. The molecule has 3 atom stereocenters. The third kappa shape index (κ3) is 26.3. The van der Waals surface area contributed by atoms with Crippen LogP contribution in [0.2, 0.25) is 0 Å². The molecular weight excluding hydrogens is 1770 g/mol. The van der Waals surface area contributed by atoms with Gasteiger partial charge in [0.2, 0.25) is 0 Å². The first-order valence-electron chi connectivity index (χ1n) is 49.6. The van der Waals surface area contributed by atoms with Gasteiger partial charge in [-0.25, -0.2) is 15.0 Å². The predicted octanol–water partition coefficient (Wildman–Crippen LogP) is 24.4. The molecule has 6 aliphatic heterocycles. The number of hydrogen-bond acceptors (Lipinski definition) is 18. The molecule has 12 aromatic rings. The van der Waals surface area contributed by atoms with E-state index in [4.69, 9.17) is 0 Å². The number of hydrogen-bond donors (Lipinski definition) is 3. The zero-order valence-corrected chi connectivity index (χ0v) is 84.2. The van der Waals surface area contributed by atoms with E-state index < -0.39 is 18.1 Å². The number of nitrogens with zero attached hydrogens (tertiary/aromatic N) is 12. The summed E-state index contributed by atoms with van der Waals surface area (Å²) in [5, 5.41) is 15.7. The predicted molar refractivity (Wildman–Crippen MR) is 571 cm³/mol. The van der Waals surface area contributed by atoms with Gasteiger partial charge in [-0.05, 0) is 176 Å². The largest absolute Gasteiger partial charge is 0.369 e. The van der Waals surface area contributed by atoms with E-state index >= 15 is 0 Å². The minimum Gasteiger partial charge on any atom is -0.369 e. The van der Waals surface area contributed by atoms with Gasteiger partial charge < -0.3 is 29.4 Å². The molecule has 3 saturated heterocycles. The maximum atomic E-state index is 13.9. The highest BCUT2D eigenvalue weighted by Crippen LogP contribution is 2.42. The Balaban J connectivity index is 0.000000176. The van der Waals surface area contributed by atoms with Crippen molar-refractivity contribution in [2.24, 2.45) is 16.2 Å². The molecule has 3 fully saturated rings. The minimum absolute atomic E-state index is 0. The van der Waals surface area contributed by atoms with Gasteiger partial charge in [-0.2, -0.15) is 0 Å². The fourth-order valence-corrected chi connectivity index (χ4v) is 21.4. The summed E-state index contributed by atoms with van der Waals surface area (Å²) in [6.45, 7) is 38.4. The van der Waals surface area contributed by atoms with Crippen LogP contribution < -0.4 is 30.7 Å². The fraction of sp³-hybridized carbons (Fsp3) is 0.395. The van der Waals surface area contributed by atoms with Crippen LogP contribution in [0.1, 0.15) is 226 Å². The number of piperazine rings is 3. The molecule has 6 aliphatic rings. The monoisotopic (exact) mass is 1910 g/mol. The Bertz CT molecular complexity index is 6010. The third-order valence-electron chi connectivity index (χ3n) is 27.2. The van der Waals surface area contributed by atoms with E-state index in [9.17, 15) is 28.8 Å². The van der Waals surface area contributed by atoms with Crippen molar-refractivity contribution in [3.63, 3.8) is 0 Å². The van der Waals surface area contributed by atoms with Crippen molar-refractivity contribution in [2.75, 3.05) is 129 Å². The van der Waals surface area contributed by atoms with Crippen LogP contribution in [0, 0.1) is 16.2 Å². The molecule has 138 heavy (non-hydrogen) atoms. The van der Waals surface area contributed by atoms with Crippen LogP contribution in [0.4, 0.5) is 32.5 Å². The molecule has 9 heterocycles. The number of rotatable bonds is 33. The SMILES string of the molecule is CC(C)(C)CCCCCCCCN1CCN(c2ccc(-c3ccc4c(c3)C(=O)N(C(C(=O)Nc3nccs3)c3ccccc3)C4)cc2)CC1.CC(C)(C)CCCCCCN1CCN(c2ccc(-c3ccc4c(c3)C(=O)N(C(C(=O)Nc3nccs3)c3ccccc3)C4)cc2)CC1.CC(C)(C)CN1CCN(c2ccc(-c3ccc4c(c3)C(=O)N(C(C(=O)Nc3nccs3)c3ccccc3)C4)cc2)CC1.[HH].[HH].[HH]. The first-order chi connectivity index (χ1) is 66.7. The Morgan fingerprint density at radius 1 is 0.319 bits per heavy atom. The number of thiazole rings is 3. The molecule has 3 aromatic heterocycles. The second-order valence-electron chi connectivity index (χ2n) is 41.1. The first kappa shape index (κ1) is 99.0. The smallest absolute Gasteiger partial charge is 0.255 e. The van der Waals surface area contributed by atoms with Gasteiger partial charge in [0, 0.05) is 177 Å². The lowest BCUT2D eigenvalue weighted by Gasteiger charge is -2.38. The molecule has 0 saturated carbocycles. The molecule has 726 valence electrons. The van der Waals surface area contributed by atoms with Crippen LogP contribution in [-0.2, 0) is 34.0 Å². The number of unbranched alkanes of at least 4 members (excludes halogenated alkanes) is 8. The average Bonchev–Trinajstić information content (AvgIpc) is 1.67. The Morgan fingerprint density at radius 3 is 0.855 bits per heavy atom. The van der Waals surface area contributed by atoms with E-state index in [-0.39, 0.29) is 39.7 Å². The number of carbonyl (C=O) groups is 6. The molecule has 21 nitrogen and oxygen atoms in total. The van der Waals surface area contributed by atoms with Crippen LogP contribution in [0.3, 0.4) is 0 Å². The van der Waals surface area contributed by atoms with Crippen molar-refractivity contribution in [1.29, 1.82) is 0 Å². The van der Waals surface area contributed by atoms with E-state index in [1.165, 1.54) is 141 Å². The van der Waals surface area contributed by atoms with Crippen LogP contribution in [0.5, 0.6) is 0 Å². The topological polar surface area (TPSA) is 206 Å². The standard InChI is InChI=1S/C41H51N5O2S.C39H47N5O2S.C34H37N5O2S.3H2/c1-41(2,3)21-11-6-4-5-7-12-23-44-24-26-45(27-25-44)35-19-17-31(18-20-35)33-15-16-34-30-46(39(48)36(34)29-33)37(32-13-9-8-10-14-32)38(47)43-40-42-22-28-49-40;1-39(2,3)19-9-4-5-10-21-42-22-24-43(25-23-42)33-17-15-29(16-18-33)31-13-14-32-28-44(37(46)34(32)27-31)35(30-11-7-6-8-12-30)36(45)41-38-40-20-26-47-38;1-34(2,3)23-37-16-18-38(19-17-37)28-13-11-24(12-14-28)26-9-10-27-22-39(32(41)29(27)21-26)30(25-7-5-4-6-8-25)31(40)36-33-35-15-20-42-33;;;/h8-10,13-20,22,28-29,37H,4-7,11-12,21,23-27,30H2,1-3H3,(H,42,43,47);6-8,11-18,20,26-27,35H,4-5,9-10,19,21-25,28H2,1-3H3,(H,40,41,45);4-15,20-21,30H,16-19,22-23H2,1-3H3,(H,35,36,40);3*1H. The van der Waals surface area contributed by atoms with Crippen molar-refractivity contribution in [3.8, 4) is 33.4 Å². The van der Waals surface area contributed by atoms with Crippen molar-refractivity contribution in [3.05, 3.63) is 303 Å². The second-order valence-corrected chi connectivity index (χ2v) is 43.8. The Labute approximate surface area is 832 Å². The number of amides is 6. The summed E-state index contributed by atoms with van der Waals surface area (Å²) in [5.74, 6) is -1.21. The maximum absolute atomic E-state index is 13.9. The number of carbonyl (C=O) groups excluding carboxylic acids is 6. The van der Waals surface area contributed by atoms with E-state index in [0.717, 1.165) is 152 Å². The molecule has 18 rings (SSSR count). The average molecular weight is 1910 g/mol. The summed E-state index contributed by atoms with van der Waals surface area (Å²) in [6.07, 6.45) is 21.1. The number of aromatic nitrogens is 3. The van der Waals surface area contributed by atoms with E-state index in [1.807, 2.05) is 144 Å². The van der Waals surface area contributed by atoms with E-state index in [0.29, 0.717) is 68.0 Å². The number of nitrogens with one attached hydrogen (secondary N) is 3. The van der Waals surface area contributed by atoms with Crippen molar-refractivity contribution >= 4 is 102 Å². The molecule has 0 spiro atoms. The highest BCUT2D eigenvalue weighted by Gasteiger charge is 2.42. The van der Waals surface area contributed by atoms with Crippen molar-refractivity contribution in [1.82, 2.24) is 44.4 Å². The lowest BCUT2D eigenvalue weighted by atomic mass is 9.89. The Morgan fingerprint density at radius 2 is 0.587 bits per heavy atom. The minimum atomic E-state index is -0.762. The van der Waals surface area contributed by atoms with Gasteiger partial charge >= 0.3 is 0 Å². The van der Waals surface area contributed by atoms with Gasteiger partial charge in [-0.1, -0.05) is 277 Å². The molecular formula is C114H141N15O6S3. The maximum Gasteiger partial charge on any atom is 0.255 e.